The molecule has 19 heavy (non-hydrogen) atoms. The van der Waals surface area contributed by atoms with Gasteiger partial charge in [-0.2, -0.15) is 0 Å². The number of nitrogens with one attached hydrogen (secondary N) is 2. The third-order valence-corrected chi connectivity index (χ3v) is 3.08. The van der Waals surface area contributed by atoms with E-state index in [2.05, 4.69) is 55.6 Å². The summed E-state index contributed by atoms with van der Waals surface area (Å²) in [6.07, 6.45) is 2.64. The van der Waals surface area contributed by atoms with E-state index in [1.165, 1.54) is 5.56 Å². The minimum Gasteiger partial charge on any atom is -0.370 e. The van der Waals surface area contributed by atoms with Crippen LogP contribution in [0.3, 0.4) is 0 Å². The lowest BCUT2D eigenvalue weighted by Gasteiger charge is -2.08. The molecule has 2 N–H and O–H groups in total. The zero-order valence-electron chi connectivity index (χ0n) is 10.9. The summed E-state index contributed by atoms with van der Waals surface area (Å²) in [5.74, 6) is 1.68. The Morgan fingerprint density at radius 2 is 1.89 bits per heavy atom. The second kappa shape index (κ2) is 7.09. The van der Waals surface area contributed by atoms with Gasteiger partial charge in [-0.05, 0) is 24.1 Å². The van der Waals surface area contributed by atoms with Crippen molar-refractivity contribution in [3.05, 3.63) is 46.7 Å². The molecule has 2 aromatic rings. The Morgan fingerprint density at radius 3 is 2.63 bits per heavy atom. The summed E-state index contributed by atoms with van der Waals surface area (Å²) in [7, 11) is 0. The summed E-state index contributed by atoms with van der Waals surface area (Å²) >= 11 is 3.47. The molecule has 0 aliphatic carbocycles. The first kappa shape index (κ1) is 13.8. The highest BCUT2D eigenvalue weighted by molar-refractivity contribution is 9.10. The topological polar surface area (TPSA) is 49.8 Å². The second-order valence-corrected chi connectivity index (χ2v) is 5.11. The maximum absolute atomic E-state index is 4.21. The molecular weight excluding hydrogens is 304 g/mol. The summed E-state index contributed by atoms with van der Waals surface area (Å²) in [6, 6.07) is 10.1. The molecule has 0 unspecified atom stereocenters. The number of aromatic nitrogens is 2. The minimum absolute atomic E-state index is 0.740. The van der Waals surface area contributed by atoms with E-state index in [-0.39, 0.29) is 0 Å². The number of rotatable bonds is 6. The van der Waals surface area contributed by atoms with Crippen LogP contribution in [0.5, 0.6) is 0 Å². The van der Waals surface area contributed by atoms with Crippen LogP contribution in [0, 0.1) is 0 Å². The van der Waals surface area contributed by atoms with Crippen molar-refractivity contribution < 1.29 is 0 Å². The van der Waals surface area contributed by atoms with E-state index in [9.17, 15) is 0 Å². The van der Waals surface area contributed by atoms with Crippen LogP contribution in [0.25, 0.3) is 0 Å². The van der Waals surface area contributed by atoms with Crippen LogP contribution in [-0.2, 0) is 6.54 Å². The van der Waals surface area contributed by atoms with E-state index in [0.717, 1.165) is 35.6 Å². The molecular formula is C14H17BrN4. The lowest BCUT2D eigenvalue weighted by molar-refractivity contribution is 0.963. The fourth-order valence-electron chi connectivity index (χ4n) is 1.64. The van der Waals surface area contributed by atoms with Crippen LogP contribution in [0.2, 0.25) is 0 Å². The van der Waals surface area contributed by atoms with E-state index in [1.807, 2.05) is 18.2 Å². The standard InChI is InChI=1S/C14H17BrN4/c1-2-6-16-13-8-14(19-10-18-13)17-9-11-4-3-5-12(15)7-11/h3-5,7-8,10H,2,6,9H2,1H3,(H2,16,17,18,19). The van der Waals surface area contributed by atoms with Gasteiger partial charge in [0.05, 0.1) is 0 Å². The largest absolute Gasteiger partial charge is 0.370 e. The van der Waals surface area contributed by atoms with Gasteiger partial charge in [0.1, 0.15) is 18.0 Å². The predicted octanol–water partition coefficient (Wildman–Crippen LogP) is 3.67. The maximum Gasteiger partial charge on any atom is 0.131 e. The van der Waals surface area contributed by atoms with Crippen LogP contribution in [0.1, 0.15) is 18.9 Å². The minimum atomic E-state index is 0.740. The SMILES string of the molecule is CCCNc1cc(NCc2cccc(Br)c2)ncn1. The fraction of sp³-hybridized carbons (Fsp3) is 0.286. The Kier molecular flexibility index (Phi) is 5.15. The van der Waals surface area contributed by atoms with Gasteiger partial charge in [-0.1, -0.05) is 35.0 Å². The Bertz CT molecular complexity index is 530. The van der Waals surface area contributed by atoms with E-state index < -0.39 is 0 Å². The molecule has 1 heterocycles. The van der Waals surface area contributed by atoms with Gasteiger partial charge in [-0.25, -0.2) is 9.97 Å². The zero-order chi connectivity index (χ0) is 13.5. The zero-order valence-corrected chi connectivity index (χ0v) is 12.4. The average molecular weight is 321 g/mol. The molecule has 0 bridgehead atoms. The predicted molar refractivity (Wildman–Crippen MR) is 82.3 cm³/mol. The summed E-state index contributed by atoms with van der Waals surface area (Å²) in [6.45, 7) is 3.78. The van der Waals surface area contributed by atoms with E-state index in [4.69, 9.17) is 0 Å². The number of anilines is 2. The van der Waals surface area contributed by atoms with Crippen molar-refractivity contribution in [1.29, 1.82) is 0 Å². The Labute approximate surface area is 121 Å². The first-order valence-electron chi connectivity index (χ1n) is 6.32. The fourth-order valence-corrected chi connectivity index (χ4v) is 2.09. The molecule has 0 saturated heterocycles. The first-order chi connectivity index (χ1) is 9.28. The Morgan fingerprint density at radius 1 is 1.11 bits per heavy atom. The van der Waals surface area contributed by atoms with E-state index in [0.29, 0.717) is 0 Å². The highest BCUT2D eigenvalue weighted by atomic mass is 79.9. The summed E-state index contributed by atoms with van der Waals surface area (Å²) < 4.78 is 1.08. The molecule has 0 amide bonds. The number of benzene rings is 1. The third-order valence-electron chi connectivity index (χ3n) is 2.59. The van der Waals surface area contributed by atoms with Gasteiger partial charge < -0.3 is 10.6 Å². The molecule has 1 aromatic carbocycles. The maximum atomic E-state index is 4.21. The van der Waals surface area contributed by atoms with Gasteiger partial charge in [0, 0.05) is 23.6 Å². The van der Waals surface area contributed by atoms with Crippen LogP contribution in [-0.4, -0.2) is 16.5 Å². The number of hydrogen-bond donors (Lipinski definition) is 2. The molecule has 0 saturated carbocycles. The van der Waals surface area contributed by atoms with Gasteiger partial charge in [-0.3, -0.25) is 0 Å². The molecule has 5 heteroatoms. The third kappa shape index (κ3) is 4.52. The van der Waals surface area contributed by atoms with Crippen molar-refractivity contribution in [2.45, 2.75) is 19.9 Å². The van der Waals surface area contributed by atoms with Gasteiger partial charge in [0.15, 0.2) is 0 Å². The molecule has 0 radical (unpaired) electrons. The highest BCUT2D eigenvalue weighted by Crippen LogP contribution is 2.14. The lowest BCUT2D eigenvalue weighted by Crippen LogP contribution is -2.05. The average Bonchev–Trinajstić information content (AvgIpc) is 2.43. The molecule has 2 rings (SSSR count). The summed E-state index contributed by atoms with van der Waals surface area (Å²) in [5.41, 5.74) is 1.20. The van der Waals surface area contributed by atoms with Crippen LogP contribution in [0.15, 0.2) is 41.1 Å². The number of halogens is 1. The quantitative estimate of drug-likeness (QED) is 0.852. The van der Waals surface area contributed by atoms with Crippen molar-refractivity contribution in [2.24, 2.45) is 0 Å². The van der Waals surface area contributed by atoms with Crippen molar-refractivity contribution in [3.63, 3.8) is 0 Å². The van der Waals surface area contributed by atoms with Gasteiger partial charge >= 0.3 is 0 Å². The van der Waals surface area contributed by atoms with Crippen LogP contribution < -0.4 is 10.6 Å². The lowest BCUT2D eigenvalue weighted by atomic mass is 10.2. The molecule has 4 nitrogen and oxygen atoms in total. The molecule has 0 spiro atoms. The number of nitrogens with zero attached hydrogens (tertiary/aromatic N) is 2. The smallest absolute Gasteiger partial charge is 0.131 e. The molecule has 0 atom stereocenters. The highest BCUT2D eigenvalue weighted by Gasteiger charge is 1.99. The monoisotopic (exact) mass is 320 g/mol. The molecule has 100 valence electrons. The molecule has 0 aliphatic rings. The van der Waals surface area contributed by atoms with Crippen molar-refractivity contribution in [1.82, 2.24) is 9.97 Å². The van der Waals surface area contributed by atoms with Gasteiger partial charge in [-0.15, -0.1) is 0 Å². The van der Waals surface area contributed by atoms with Gasteiger partial charge in [0.2, 0.25) is 0 Å². The Balaban J connectivity index is 1.95. The van der Waals surface area contributed by atoms with Gasteiger partial charge in [0.25, 0.3) is 0 Å². The van der Waals surface area contributed by atoms with Crippen LogP contribution in [0.4, 0.5) is 11.6 Å². The van der Waals surface area contributed by atoms with Crippen molar-refractivity contribution in [2.75, 3.05) is 17.2 Å². The van der Waals surface area contributed by atoms with E-state index in [1.54, 1.807) is 6.33 Å². The number of hydrogen-bond acceptors (Lipinski definition) is 4. The molecule has 0 aliphatic heterocycles. The normalized spacial score (nSPS) is 10.2. The summed E-state index contributed by atoms with van der Waals surface area (Å²) in [5, 5.41) is 6.54. The second-order valence-electron chi connectivity index (χ2n) is 4.20. The van der Waals surface area contributed by atoms with Crippen LogP contribution >= 0.6 is 15.9 Å². The molecule has 1 aromatic heterocycles. The summed E-state index contributed by atoms with van der Waals surface area (Å²) in [4.78, 5) is 8.39. The van der Waals surface area contributed by atoms with E-state index >= 15 is 0 Å². The first-order valence-corrected chi connectivity index (χ1v) is 7.11. The van der Waals surface area contributed by atoms with Crippen molar-refractivity contribution >= 4 is 27.6 Å². The Hall–Kier alpha value is -1.62. The molecule has 0 fully saturated rings. The van der Waals surface area contributed by atoms with Crippen molar-refractivity contribution in [3.8, 4) is 0 Å².